The van der Waals surface area contributed by atoms with E-state index in [1.54, 1.807) is 0 Å². The third kappa shape index (κ3) is 3.07. The highest BCUT2D eigenvalue weighted by Crippen LogP contribution is 2.03. The largest absolute Gasteiger partial charge is 0.473 e. The number of carbonyl (C=O) groups is 2. The Morgan fingerprint density at radius 2 is 1.40 bits per heavy atom. The first-order valence-electron chi connectivity index (χ1n) is 3.83. The number of carboxylic acid groups (broad SMARTS) is 2. The van der Waals surface area contributed by atoms with Gasteiger partial charge in [-0.2, -0.15) is 15.4 Å². The number of aromatic amines is 1. The molecular weight excluding hydrogens is 202 g/mol. The van der Waals surface area contributed by atoms with Gasteiger partial charge in [-0.25, -0.2) is 9.59 Å². The van der Waals surface area contributed by atoms with Crippen LogP contribution in [0.3, 0.4) is 0 Å². The van der Waals surface area contributed by atoms with Crippen molar-refractivity contribution in [3.05, 3.63) is 24.3 Å². The molecule has 2 aromatic rings. The van der Waals surface area contributed by atoms with Crippen LogP contribution in [0.5, 0.6) is 0 Å². The van der Waals surface area contributed by atoms with Gasteiger partial charge in [-0.3, -0.25) is 0 Å². The molecule has 0 aliphatic heterocycles. The quantitative estimate of drug-likeness (QED) is 0.530. The fourth-order valence-corrected chi connectivity index (χ4v) is 0.786. The minimum atomic E-state index is -1.82. The highest BCUT2D eigenvalue weighted by molar-refractivity contribution is 6.27. The molecule has 1 aromatic heterocycles. The van der Waals surface area contributed by atoms with Gasteiger partial charge in [0.15, 0.2) is 0 Å². The molecule has 7 nitrogen and oxygen atoms in total. The predicted octanol–water partition coefficient (Wildman–Crippen LogP) is 0.113. The molecule has 15 heavy (non-hydrogen) atoms. The molecule has 78 valence electrons. The second-order valence-corrected chi connectivity index (χ2v) is 2.42. The molecule has 0 bridgehead atoms. The normalized spacial score (nSPS) is 9.07. The van der Waals surface area contributed by atoms with Gasteiger partial charge >= 0.3 is 11.9 Å². The second kappa shape index (κ2) is 4.70. The van der Waals surface area contributed by atoms with Gasteiger partial charge in [0.05, 0.1) is 0 Å². The molecule has 0 amide bonds. The van der Waals surface area contributed by atoms with E-state index in [1.165, 1.54) is 0 Å². The smallest absolute Gasteiger partial charge is 0.414 e. The van der Waals surface area contributed by atoms with Gasteiger partial charge in [-0.05, 0) is 12.1 Å². The number of nitrogens with zero attached hydrogens (tertiary/aromatic N) is 2. The summed E-state index contributed by atoms with van der Waals surface area (Å²) in [4.78, 5) is 18.2. The van der Waals surface area contributed by atoms with E-state index >= 15 is 0 Å². The average Bonchev–Trinajstić information content (AvgIpc) is 2.66. The molecule has 0 aliphatic rings. The zero-order chi connectivity index (χ0) is 11.3. The Kier molecular flexibility index (Phi) is 3.33. The predicted molar refractivity (Wildman–Crippen MR) is 49.2 cm³/mol. The van der Waals surface area contributed by atoms with Gasteiger partial charge in [0.25, 0.3) is 0 Å². The first kappa shape index (κ1) is 10.6. The number of aromatic nitrogens is 3. The highest BCUT2D eigenvalue weighted by Gasteiger charge is 2.04. The van der Waals surface area contributed by atoms with E-state index in [4.69, 9.17) is 19.8 Å². The molecular formula is C8H7N3O4. The van der Waals surface area contributed by atoms with E-state index in [9.17, 15) is 0 Å². The van der Waals surface area contributed by atoms with Crippen molar-refractivity contribution < 1.29 is 19.8 Å². The first-order chi connectivity index (χ1) is 7.11. The van der Waals surface area contributed by atoms with Crippen LogP contribution in [0.4, 0.5) is 0 Å². The number of hydrogen-bond donors (Lipinski definition) is 3. The molecule has 0 atom stereocenters. The molecule has 3 N–H and O–H groups in total. The van der Waals surface area contributed by atoms with Gasteiger partial charge in [0.1, 0.15) is 11.0 Å². The number of hydrogen-bond acceptors (Lipinski definition) is 4. The monoisotopic (exact) mass is 209 g/mol. The van der Waals surface area contributed by atoms with Crippen LogP contribution in [-0.4, -0.2) is 37.6 Å². The Balaban J connectivity index is 0.000000167. The Morgan fingerprint density at radius 3 is 1.73 bits per heavy atom. The van der Waals surface area contributed by atoms with Crippen LogP contribution in [0.15, 0.2) is 24.3 Å². The van der Waals surface area contributed by atoms with Crippen molar-refractivity contribution in [1.29, 1.82) is 0 Å². The van der Waals surface area contributed by atoms with Crippen molar-refractivity contribution in [2.75, 3.05) is 0 Å². The summed E-state index contributed by atoms with van der Waals surface area (Å²) in [5, 5.41) is 25.1. The summed E-state index contributed by atoms with van der Waals surface area (Å²) in [5.74, 6) is -3.65. The van der Waals surface area contributed by atoms with Crippen LogP contribution in [0, 0.1) is 0 Å². The fourth-order valence-electron chi connectivity index (χ4n) is 0.786. The van der Waals surface area contributed by atoms with E-state index in [0.717, 1.165) is 11.0 Å². The van der Waals surface area contributed by atoms with Crippen LogP contribution in [0.2, 0.25) is 0 Å². The van der Waals surface area contributed by atoms with Crippen LogP contribution >= 0.6 is 0 Å². The number of carboxylic acids is 2. The fraction of sp³-hybridized carbons (Fsp3) is 0. The lowest BCUT2D eigenvalue weighted by Gasteiger charge is -1.78. The third-order valence-electron chi connectivity index (χ3n) is 1.41. The number of nitrogens with one attached hydrogen (secondary N) is 1. The Labute approximate surface area is 83.3 Å². The standard InChI is InChI=1S/C6H5N3.C2H2O4/c1-2-4-6-5(3-1)7-9-8-6;3-1(4)2(5)6/h1-4H,(H,7,8,9);(H,3,4)(H,5,6). The van der Waals surface area contributed by atoms with Gasteiger partial charge in [0.2, 0.25) is 0 Å². The summed E-state index contributed by atoms with van der Waals surface area (Å²) in [5.41, 5.74) is 1.83. The molecule has 1 heterocycles. The number of benzene rings is 1. The van der Waals surface area contributed by atoms with Crippen molar-refractivity contribution in [2.45, 2.75) is 0 Å². The molecule has 0 unspecified atom stereocenters. The summed E-state index contributed by atoms with van der Waals surface area (Å²) in [6, 6.07) is 7.70. The minimum Gasteiger partial charge on any atom is -0.473 e. The lowest BCUT2D eigenvalue weighted by Crippen LogP contribution is -2.09. The van der Waals surface area contributed by atoms with E-state index in [-0.39, 0.29) is 0 Å². The maximum atomic E-state index is 9.10. The van der Waals surface area contributed by atoms with Crippen molar-refractivity contribution in [1.82, 2.24) is 15.4 Å². The van der Waals surface area contributed by atoms with Gasteiger partial charge in [-0.15, -0.1) is 0 Å². The number of rotatable bonds is 0. The molecule has 0 radical (unpaired) electrons. The minimum absolute atomic E-state index is 0.914. The SMILES string of the molecule is O=C(O)C(=O)O.c1ccc2n[nH]nc2c1. The van der Waals surface area contributed by atoms with E-state index < -0.39 is 11.9 Å². The van der Waals surface area contributed by atoms with Crippen molar-refractivity contribution >= 4 is 23.0 Å². The molecule has 0 spiro atoms. The van der Waals surface area contributed by atoms with E-state index in [1.807, 2.05) is 24.3 Å². The summed E-state index contributed by atoms with van der Waals surface area (Å²) in [6.07, 6.45) is 0. The topological polar surface area (TPSA) is 116 Å². The lowest BCUT2D eigenvalue weighted by atomic mass is 10.3. The van der Waals surface area contributed by atoms with Crippen LogP contribution in [0.25, 0.3) is 11.0 Å². The lowest BCUT2D eigenvalue weighted by molar-refractivity contribution is -0.159. The average molecular weight is 209 g/mol. The molecule has 2 rings (SSSR count). The number of H-pyrrole nitrogens is 1. The number of fused-ring (bicyclic) bond motifs is 1. The van der Waals surface area contributed by atoms with Crippen molar-refractivity contribution in [3.8, 4) is 0 Å². The van der Waals surface area contributed by atoms with Crippen molar-refractivity contribution in [3.63, 3.8) is 0 Å². The van der Waals surface area contributed by atoms with Crippen LogP contribution in [-0.2, 0) is 9.59 Å². The van der Waals surface area contributed by atoms with Crippen LogP contribution in [0.1, 0.15) is 0 Å². The highest BCUT2D eigenvalue weighted by atomic mass is 16.4. The Bertz CT molecular complexity index is 437. The maximum absolute atomic E-state index is 9.10. The number of aliphatic carboxylic acids is 2. The summed E-state index contributed by atoms with van der Waals surface area (Å²) in [6.45, 7) is 0. The van der Waals surface area contributed by atoms with E-state index in [0.29, 0.717) is 0 Å². The molecule has 0 saturated heterocycles. The van der Waals surface area contributed by atoms with Gasteiger partial charge < -0.3 is 10.2 Å². The van der Waals surface area contributed by atoms with Crippen LogP contribution < -0.4 is 0 Å². The Hall–Kier alpha value is -2.44. The molecule has 0 aliphatic carbocycles. The molecule has 0 fully saturated rings. The van der Waals surface area contributed by atoms with Gasteiger partial charge in [-0.1, -0.05) is 12.1 Å². The van der Waals surface area contributed by atoms with Crippen molar-refractivity contribution in [2.24, 2.45) is 0 Å². The molecule has 7 heteroatoms. The summed E-state index contributed by atoms with van der Waals surface area (Å²) >= 11 is 0. The van der Waals surface area contributed by atoms with Gasteiger partial charge in [0, 0.05) is 0 Å². The first-order valence-corrected chi connectivity index (χ1v) is 3.83. The zero-order valence-corrected chi connectivity index (χ0v) is 7.41. The zero-order valence-electron chi connectivity index (χ0n) is 7.41. The number of para-hydroxylation sites is 2. The summed E-state index contributed by atoms with van der Waals surface area (Å²) < 4.78 is 0. The molecule has 1 aromatic carbocycles. The Morgan fingerprint density at radius 1 is 1.00 bits per heavy atom. The van der Waals surface area contributed by atoms with E-state index in [2.05, 4.69) is 15.4 Å². The second-order valence-electron chi connectivity index (χ2n) is 2.42. The summed E-state index contributed by atoms with van der Waals surface area (Å²) in [7, 11) is 0. The third-order valence-corrected chi connectivity index (χ3v) is 1.41. The molecule has 0 saturated carbocycles. The maximum Gasteiger partial charge on any atom is 0.414 e.